The molecule has 0 radical (unpaired) electrons. The molecule has 5 nitrogen and oxygen atoms in total. The van der Waals surface area contributed by atoms with Gasteiger partial charge in [0, 0.05) is 0 Å². The average molecular weight is 338 g/mol. The van der Waals surface area contributed by atoms with Crippen LogP contribution in [0, 0.1) is 11.8 Å². The number of likely N-dealkylation sites (tertiary alicyclic amines) is 1. The van der Waals surface area contributed by atoms with E-state index >= 15 is 0 Å². The van der Waals surface area contributed by atoms with E-state index in [-0.39, 0.29) is 42.1 Å². The van der Waals surface area contributed by atoms with Crippen molar-refractivity contribution in [3.8, 4) is 0 Å². The van der Waals surface area contributed by atoms with Gasteiger partial charge in [-0.1, -0.05) is 36.4 Å². The van der Waals surface area contributed by atoms with E-state index < -0.39 is 0 Å². The summed E-state index contributed by atoms with van der Waals surface area (Å²) >= 11 is 0. The van der Waals surface area contributed by atoms with Crippen molar-refractivity contribution in [2.75, 3.05) is 6.54 Å². The zero-order chi connectivity index (χ0) is 17.4. The first-order valence-corrected chi connectivity index (χ1v) is 9.02. The van der Waals surface area contributed by atoms with Gasteiger partial charge in [-0.25, -0.2) is 0 Å². The number of carbonyl (C=O) groups is 3. The molecule has 0 aromatic heterocycles. The average Bonchev–Trinajstić information content (AvgIpc) is 2.87. The molecule has 3 atom stereocenters. The van der Waals surface area contributed by atoms with Crippen molar-refractivity contribution in [1.82, 2.24) is 10.2 Å². The second-order valence-electron chi connectivity index (χ2n) is 7.13. The van der Waals surface area contributed by atoms with Gasteiger partial charge >= 0.3 is 0 Å². The molecule has 3 aliphatic rings. The standard InChI is InChI=1S/C20H22N2O3/c23-18(21-17-11-5-7-13-6-1-2-8-14(13)17)12-22-19(24)15-9-3-4-10-16(15)20(22)25/h1-4,6,8,15-17H,5,7,9-12H2,(H,21,23)/t15-,16+,17-/m0/s1. The van der Waals surface area contributed by atoms with Gasteiger partial charge in [-0.3, -0.25) is 19.3 Å². The Morgan fingerprint density at radius 1 is 1.08 bits per heavy atom. The summed E-state index contributed by atoms with van der Waals surface area (Å²) in [6.45, 7) is -0.163. The Morgan fingerprint density at radius 3 is 2.48 bits per heavy atom. The highest BCUT2D eigenvalue weighted by atomic mass is 16.2. The number of amides is 3. The van der Waals surface area contributed by atoms with Crippen molar-refractivity contribution in [3.63, 3.8) is 0 Å². The monoisotopic (exact) mass is 338 g/mol. The van der Waals surface area contributed by atoms with Crippen molar-refractivity contribution in [2.45, 2.75) is 38.1 Å². The van der Waals surface area contributed by atoms with Crippen LogP contribution in [0.25, 0.3) is 0 Å². The predicted octanol–water partition coefficient (Wildman–Crippen LogP) is 2.13. The third-order valence-corrected chi connectivity index (χ3v) is 5.61. The number of aryl methyl sites for hydroxylation is 1. The SMILES string of the molecule is O=C(CN1C(=O)[C@H]2CC=CC[C@H]2C1=O)N[C@H]1CCCc2ccccc21. The third kappa shape index (κ3) is 2.88. The molecule has 1 aromatic carbocycles. The predicted molar refractivity (Wildman–Crippen MR) is 92.3 cm³/mol. The van der Waals surface area contributed by atoms with Crippen molar-refractivity contribution in [1.29, 1.82) is 0 Å². The summed E-state index contributed by atoms with van der Waals surface area (Å²) < 4.78 is 0. The summed E-state index contributed by atoms with van der Waals surface area (Å²) in [6, 6.07) is 8.11. The van der Waals surface area contributed by atoms with Crippen molar-refractivity contribution in [2.24, 2.45) is 11.8 Å². The van der Waals surface area contributed by atoms with Gasteiger partial charge < -0.3 is 5.32 Å². The normalized spacial score (nSPS) is 27.8. The fourth-order valence-electron chi connectivity index (χ4n) is 4.31. The van der Waals surface area contributed by atoms with E-state index in [1.165, 1.54) is 5.56 Å². The number of benzene rings is 1. The number of nitrogens with zero attached hydrogens (tertiary/aromatic N) is 1. The van der Waals surface area contributed by atoms with E-state index in [9.17, 15) is 14.4 Å². The van der Waals surface area contributed by atoms with Gasteiger partial charge in [-0.05, 0) is 43.2 Å². The number of allylic oxidation sites excluding steroid dienone is 2. The van der Waals surface area contributed by atoms with Crippen LogP contribution in [0.2, 0.25) is 0 Å². The lowest BCUT2D eigenvalue weighted by atomic mass is 9.85. The summed E-state index contributed by atoms with van der Waals surface area (Å²) in [5, 5.41) is 3.02. The number of fused-ring (bicyclic) bond motifs is 2. The Labute approximate surface area is 147 Å². The molecule has 130 valence electrons. The molecule has 25 heavy (non-hydrogen) atoms. The van der Waals surface area contributed by atoms with E-state index in [1.54, 1.807) is 0 Å². The smallest absolute Gasteiger partial charge is 0.240 e. The molecule has 1 heterocycles. The lowest BCUT2D eigenvalue weighted by Crippen LogP contribution is -2.42. The van der Waals surface area contributed by atoms with Gasteiger partial charge in [0.2, 0.25) is 17.7 Å². The zero-order valence-corrected chi connectivity index (χ0v) is 14.1. The molecule has 3 amide bonds. The first-order valence-electron chi connectivity index (χ1n) is 9.02. The molecule has 0 bridgehead atoms. The van der Waals surface area contributed by atoms with E-state index in [2.05, 4.69) is 11.4 Å². The number of hydrogen-bond donors (Lipinski definition) is 1. The maximum atomic E-state index is 12.5. The Bertz CT molecular complexity index is 729. The topological polar surface area (TPSA) is 66.5 Å². The minimum absolute atomic E-state index is 0.0331. The fourth-order valence-corrected chi connectivity index (χ4v) is 4.31. The van der Waals surface area contributed by atoms with Crippen LogP contribution < -0.4 is 5.32 Å². The van der Waals surface area contributed by atoms with E-state index in [0.717, 1.165) is 29.7 Å². The maximum Gasteiger partial charge on any atom is 0.240 e. The second kappa shape index (κ2) is 6.47. The number of hydrogen-bond acceptors (Lipinski definition) is 3. The molecule has 0 spiro atoms. The summed E-state index contributed by atoms with van der Waals surface area (Å²) in [6.07, 6.45) is 8.05. The van der Waals surface area contributed by atoms with Gasteiger partial charge in [-0.2, -0.15) is 0 Å². The molecule has 1 fully saturated rings. The zero-order valence-electron chi connectivity index (χ0n) is 14.1. The Kier molecular flexibility index (Phi) is 4.15. The number of rotatable bonds is 3. The van der Waals surface area contributed by atoms with Crippen LogP contribution in [0.15, 0.2) is 36.4 Å². The molecule has 1 aromatic rings. The molecule has 5 heteroatoms. The highest BCUT2D eigenvalue weighted by Gasteiger charge is 2.47. The second-order valence-corrected chi connectivity index (χ2v) is 7.13. The van der Waals surface area contributed by atoms with E-state index in [4.69, 9.17) is 0 Å². The minimum Gasteiger partial charge on any atom is -0.348 e. The van der Waals surface area contributed by atoms with Crippen LogP contribution in [0.3, 0.4) is 0 Å². The third-order valence-electron chi connectivity index (χ3n) is 5.61. The van der Waals surface area contributed by atoms with Gasteiger partial charge in [-0.15, -0.1) is 0 Å². The summed E-state index contributed by atoms with van der Waals surface area (Å²) in [5.74, 6) is -1.20. The summed E-state index contributed by atoms with van der Waals surface area (Å²) in [4.78, 5) is 38.6. The Balaban J connectivity index is 1.43. The molecule has 0 saturated carbocycles. The lowest BCUT2D eigenvalue weighted by Gasteiger charge is -2.27. The molecule has 4 rings (SSSR count). The molecular weight excluding hydrogens is 316 g/mol. The molecule has 0 unspecified atom stereocenters. The highest BCUT2D eigenvalue weighted by Crippen LogP contribution is 2.35. The van der Waals surface area contributed by atoms with Crippen LogP contribution >= 0.6 is 0 Å². The van der Waals surface area contributed by atoms with Gasteiger partial charge in [0.05, 0.1) is 17.9 Å². The van der Waals surface area contributed by atoms with Crippen LogP contribution in [-0.4, -0.2) is 29.2 Å². The van der Waals surface area contributed by atoms with Gasteiger partial charge in [0.1, 0.15) is 6.54 Å². The quantitative estimate of drug-likeness (QED) is 0.678. The highest BCUT2D eigenvalue weighted by molar-refractivity contribution is 6.07. The van der Waals surface area contributed by atoms with Crippen LogP contribution in [0.1, 0.15) is 42.9 Å². The fraction of sp³-hybridized carbons (Fsp3) is 0.450. The molecular formula is C20H22N2O3. The first kappa shape index (κ1) is 16.1. The number of carbonyl (C=O) groups excluding carboxylic acids is 3. The number of nitrogens with one attached hydrogen (secondary N) is 1. The maximum absolute atomic E-state index is 12.5. The summed E-state index contributed by atoms with van der Waals surface area (Å²) in [7, 11) is 0. The lowest BCUT2D eigenvalue weighted by molar-refractivity contribution is -0.143. The first-order chi connectivity index (χ1) is 12.1. The van der Waals surface area contributed by atoms with Crippen LogP contribution in [0.5, 0.6) is 0 Å². The Morgan fingerprint density at radius 2 is 1.76 bits per heavy atom. The minimum atomic E-state index is -0.277. The molecule has 1 N–H and O–H groups in total. The van der Waals surface area contributed by atoms with Gasteiger partial charge in [0.25, 0.3) is 0 Å². The van der Waals surface area contributed by atoms with E-state index in [0.29, 0.717) is 12.8 Å². The summed E-state index contributed by atoms with van der Waals surface area (Å²) in [5.41, 5.74) is 2.42. The van der Waals surface area contributed by atoms with Gasteiger partial charge in [0.15, 0.2) is 0 Å². The van der Waals surface area contributed by atoms with Crippen molar-refractivity contribution in [3.05, 3.63) is 47.5 Å². The largest absolute Gasteiger partial charge is 0.348 e. The van der Waals surface area contributed by atoms with Crippen molar-refractivity contribution >= 4 is 17.7 Å². The molecule has 1 saturated heterocycles. The number of imide groups is 1. The van der Waals surface area contributed by atoms with Crippen LogP contribution in [-0.2, 0) is 20.8 Å². The Hall–Kier alpha value is -2.43. The molecule has 1 aliphatic heterocycles. The van der Waals surface area contributed by atoms with Crippen LogP contribution in [0.4, 0.5) is 0 Å². The molecule has 2 aliphatic carbocycles. The van der Waals surface area contributed by atoms with Crippen molar-refractivity contribution < 1.29 is 14.4 Å². The van der Waals surface area contributed by atoms with E-state index in [1.807, 2.05) is 30.4 Å².